The topological polar surface area (TPSA) is 66.7 Å². The highest BCUT2D eigenvalue weighted by Crippen LogP contribution is 2.37. The van der Waals surface area contributed by atoms with Crippen LogP contribution in [0.1, 0.15) is 15.2 Å². The number of benzene rings is 1. The first-order valence-electron chi connectivity index (χ1n) is 7.82. The van der Waals surface area contributed by atoms with Gasteiger partial charge < -0.3 is 9.80 Å². The van der Waals surface area contributed by atoms with Crippen molar-refractivity contribution < 1.29 is 22.9 Å². The molecule has 2 heterocycles. The van der Waals surface area contributed by atoms with E-state index in [4.69, 9.17) is 11.6 Å². The van der Waals surface area contributed by atoms with Gasteiger partial charge in [-0.15, -0.1) is 11.3 Å². The van der Waals surface area contributed by atoms with Crippen LogP contribution in [0.15, 0.2) is 30.3 Å². The van der Waals surface area contributed by atoms with Crippen LogP contribution < -0.4 is 4.90 Å². The highest BCUT2D eigenvalue weighted by Gasteiger charge is 2.34. The van der Waals surface area contributed by atoms with Crippen molar-refractivity contribution in [2.45, 2.75) is 6.18 Å². The van der Waals surface area contributed by atoms with Gasteiger partial charge in [-0.1, -0.05) is 11.6 Å². The van der Waals surface area contributed by atoms with E-state index in [2.05, 4.69) is 0 Å². The summed E-state index contributed by atoms with van der Waals surface area (Å²) in [4.78, 5) is 26.5. The maximum atomic E-state index is 12.8. The summed E-state index contributed by atoms with van der Waals surface area (Å²) in [6, 6.07) is 5.73. The lowest BCUT2D eigenvalue weighted by molar-refractivity contribution is -0.384. The fraction of sp³-hybridized carbons (Fsp3) is 0.312. The van der Waals surface area contributed by atoms with Gasteiger partial charge in [-0.25, -0.2) is 0 Å². The maximum absolute atomic E-state index is 12.8. The summed E-state index contributed by atoms with van der Waals surface area (Å²) in [5.41, 5.74) is -1.56. The SMILES string of the molecule is O=C(c1ccc(Cl)s1)N1CCN(c2ccc(C(F)(F)F)cc2[N+](=O)[O-])CC1. The fourth-order valence-corrected chi connectivity index (χ4v) is 3.86. The summed E-state index contributed by atoms with van der Waals surface area (Å²) in [6.45, 7) is 1.15. The molecule has 1 aromatic heterocycles. The molecule has 2 aromatic rings. The van der Waals surface area contributed by atoms with Gasteiger partial charge in [0.25, 0.3) is 11.6 Å². The minimum Gasteiger partial charge on any atom is -0.362 e. The molecule has 0 spiro atoms. The number of nitrogens with zero attached hydrogens (tertiary/aromatic N) is 3. The normalized spacial score (nSPS) is 15.1. The van der Waals surface area contributed by atoms with E-state index in [-0.39, 0.29) is 24.7 Å². The average Bonchev–Trinajstić information content (AvgIpc) is 3.06. The van der Waals surface area contributed by atoms with Crippen LogP contribution in [0.5, 0.6) is 0 Å². The Kier molecular flexibility index (Phi) is 5.29. The van der Waals surface area contributed by atoms with Crippen LogP contribution >= 0.6 is 22.9 Å². The molecule has 0 bridgehead atoms. The molecule has 0 saturated carbocycles. The van der Waals surface area contributed by atoms with E-state index in [9.17, 15) is 28.1 Å². The van der Waals surface area contributed by atoms with Crippen molar-refractivity contribution in [2.24, 2.45) is 0 Å². The molecule has 1 aromatic carbocycles. The summed E-state index contributed by atoms with van der Waals surface area (Å²) < 4.78 is 39.0. The van der Waals surface area contributed by atoms with Gasteiger partial charge in [0.15, 0.2) is 0 Å². The first-order chi connectivity index (χ1) is 12.7. The van der Waals surface area contributed by atoms with Crippen LogP contribution in [0.3, 0.4) is 0 Å². The lowest BCUT2D eigenvalue weighted by Gasteiger charge is -2.35. The molecule has 0 aliphatic carbocycles. The van der Waals surface area contributed by atoms with E-state index in [1.54, 1.807) is 21.9 Å². The van der Waals surface area contributed by atoms with Crippen LogP contribution in [0.2, 0.25) is 4.34 Å². The molecular weight excluding hydrogens is 407 g/mol. The van der Waals surface area contributed by atoms with Crippen molar-refractivity contribution in [1.82, 2.24) is 4.90 Å². The van der Waals surface area contributed by atoms with Crippen molar-refractivity contribution in [1.29, 1.82) is 0 Å². The number of hydrogen-bond donors (Lipinski definition) is 0. The quantitative estimate of drug-likeness (QED) is 0.550. The van der Waals surface area contributed by atoms with E-state index in [0.717, 1.165) is 23.5 Å². The zero-order chi connectivity index (χ0) is 19.8. The summed E-state index contributed by atoms with van der Waals surface area (Å²) >= 11 is 7.00. The third-order valence-corrected chi connectivity index (χ3v) is 5.41. The fourth-order valence-electron chi connectivity index (χ4n) is 2.85. The molecule has 144 valence electrons. The Labute approximate surface area is 160 Å². The number of nitro groups is 1. The minimum absolute atomic E-state index is 0.110. The summed E-state index contributed by atoms with van der Waals surface area (Å²) in [5.74, 6) is -0.187. The van der Waals surface area contributed by atoms with E-state index >= 15 is 0 Å². The summed E-state index contributed by atoms with van der Waals surface area (Å²) in [7, 11) is 0. The Morgan fingerprint density at radius 3 is 2.33 bits per heavy atom. The monoisotopic (exact) mass is 419 g/mol. The number of thiophene rings is 1. The number of carbonyl (C=O) groups is 1. The van der Waals surface area contributed by atoms with Gasteiger partial charge in [-0.2, -0.15) is 13.2 Å². The molecule has 1 saturated heterocycles. The van der Waals surface area contributed by atoms with Crippen molar-refractivity contribution in [3.63, 3.8) is 0 Å². The first kappa shape index (κ1) is 19.4. The molecule has 0 unspecified atom stereocenters. The van der Waals surface area contributed by atoms with Gasteiger partial charge in [-0.3, -0.25) is 14.9 Å². The number of rotatable bonds is 3. The molecule has 1 aliphatic rings. The summed E-state index contributed by atoms with van der Waals surface area (Å²) in [6.07, 6.45) is -4.66. The van der Waals surface area contributed by atoms with E-state index < -0.39 is 22.4 Å². The van der Waals surface area contributed by atoms with Crippen molar-refractivity contribution in [3.05, 3.63) is 55.2 Å². The Hall–Kier alpha value is -2.33. The van der Waals surface area contributed by atoms with Gasteiger partial charge in [0.05, 0.1) is 19.7 Å². The predicted molar refractivity (Wildman–Crippen MR) is 95.5 cm³/mol. The van der Waals surface area contributed by atoms with Crippen molar-refractivity contribution in [2.75, 3.05) is 31.1 Å². The molecule has 1 amide bonds. The second-order valence-electron chi connectivity index (χ2n) is 5.84. The second kappa shape index (κ2) is 7.35. The lowest BCUT2D eigenvalue weighted by atomic mass is 10.1. The van der Waals surface area contributed by atoms with Gasteiger partial charge in [-0.05, 0) is 24.3 Å². The third kappa shape index (κ3) is 4.16. The van der Waals surface area contributed by atoms with Gasteiger partial charge in [0.2, 0.25) is 0 Å². The molecule has 11 heteroatoms. The molecule has 1 aliphatic heterocycles. The van der Waals surface area contributed by atoms with Gasteiger partial charge >= 0.3 is 6.18 Å². The van der Waals surface area contributed by atoms with Crippen molar-refractivity contribution in [3.8, 4) is 0 Å². The average molecular weight is 420 g/mol. The van der Waals surface area contributed by atoms with Crippen LogP contribution in [0.25, 0.3) is 0 Å². The molecule has 27 heavy (non-hydrogen) atoms. The number of alkyl halides is 3. The number of anilines is 1. The van der Waals surface area contributed by atoms with Crippen LogP contribution in [0.4, 0.5) is 24.5 Å². The molecular formula is C16H13ClF3N3O3S. The standard InChI is InChI=1S/C16H13ClF3N3O3S/c17-14-4-3-13(27-14)15(24)22-7-5-21(6-8-22)11-2-1-10(16(18,19)20)9-12(11)23(25)26/h1-4,9H,5-8H2. The van der Waals surface area contributed by atoms with E-state index in [1.807, 2.05) is 0 Å². The zero-order valence-electron chi connectivity index (χ0n) is 13.7. The Balaban J connectivity index is 1.76. The lowest BCUT2D eigenvalue weighted by Crippen LogP contribution is -2.48. The number of amides is 1. The predicted octanol–water partition coefficient (Wildman–Crippen LogP) is 4.29. The number of piperazine rings is 1. The Bertz CT molecular complexity index is 879. The van der Waals surface area contributed by atoms with Crippen LogP contribution in [-0.2, 0) is 6.18 Å². The van der Waals surface area contributed by atoms with E-state index in [0.29, 0.717) is 28.4 Å². The van der Waals surface area contributed by atoms with Gasteiger partial charge in [0, 0.05) is 32.2 Å². The molecule has 0 radical (unpaired) electrons. The zero-order valence-corrected chi connectivity index (χ0v) is 15.3. The molecule has 1 fully saturated rings. The van der Waals surface area contributed by atoms with Crippen molar-refractivity contribution >= 4 is 40.2 Å². The molecule has 6 nitrogen and oxygen atoms in total. The largest absolute Gasteiger partial charge is 0.416 e. The van der Waals surface area contributed by atoms with Crippen LogP contribution in [-0.4, -0.2) is 41.9 Å². The van der Waals surface area contributed by atoms with Gasteiger partial charge in [0.1, 0.15) is 5.69 Å². The summed E-state index contributed by atoms with van der Waals surface area (Å²) in [5, 5.41) is 11.2. The molecule has 0 N–H and O–H groups in total. The number of halogens is 4. The number of nitro benzene ring substituents is 1. The highest BCUT2D eigenvalue weighted by molar-refractivity contribution is 7.17. The minimum atomic E-state index is -4.66. The molecule has 0 atom stereocenters. The Morgan fingerprint density at radius 2 is 1.81 bits per heavy atom. The second-order valence-corrected chi connectivity index (χ2v) is 7.56. The van der Waals surface area contributed by atoms with Crippen LogP contribution in [0, 0.1) is 10.1 Å². The maximum Gasteiger partial charge on any atom is 0.416 e. The number of hydrogen-bond acceptors (Lipinski definition) is 5. The number of carbonyl (C=O) groups excluding carboxylic acids is 1. The first-order valence-corrected chi connectivity index (χ1v) is 9.01. The highest BCUT2D eigenvalue weighted by atomic mass is 35.5. The van der Waals surface area contributed by atoms with E-state index in [1.165, 1.54) is 0 Å². The Morgan fingerprint density at radius 1 is 1.15 bits per heavy atom. The third-order valence-electron chi connectivity index (χ3n) is 4.19. The smallest absolute Gasteiger partial charge is 0.362 e. The molecule has 3 rings (SSSR count).